The summed E-state index contributed by atoms with van der Waals surface area (Å²) in [6.07, 6.45) is 1.90. The van der Waals surface area contributed by atoms with Crippen LogP contribution < -0.4 is 0 Å². The van der Waals surface area contributed by atoms with Gasteiger partial charge in [0.05, 0.1) is 28.1 Å². The number of H-pyrrole nitrogens is 1. The molecule has 0 saturated heterocycles. The maximum absolute atomic E-state index is 5.40. The summed E-state index contributed by atoms with van der Waals surface area (Å²) in [6.45, 7) is 0. The van der Waals surface area contributed by atoms with Crippen LogP contribution in [0.5, 0.6) is 0 Å². The molecule has 0 spiro atoms. The van der Waals surface area contributed by atoms with E-state index in [9.17, 15) is 0 Å². The van der Waals surface area contributed by atoms with Crippen LogP contribution in [0.1, 0.15) is 0 Å². The quantitative estimate of drug-likeness (QED) is 0.180. The molecule has 1 N–H and O–H groups in total. The molecular formula is C52H35N3. The van der Waals surface area contributed by atoms with Crippen molar-refractivity contribution in [1.29, 1.82) is 0 Å². The minimum Gasteiger partial charge on any atom is -0.353 e. The van der Waals surface area contributed by atoms with Crippen LogP contribution in [0.25, 0.3) is 100 Å². The van der Waals surface area contributed by atoms with Crippen LogP contribution in [0.3, 0.4) is 0 Å². The van der Waals surface area contributed by atoms with Crippen LogP contribution in [0, 0.1) is 0 Å². The highest BCUT2D eigenvalue weighted by Crippen LogP contribution is 2.39. The van der Waals surface area contributed by atoms with E-state index in [0.29, 0.717) is 0 Å². The molecular weight excluding hydrogens is 667 g/mol. The van der Waals surface area contributed by atoms with Crippen molar-refractivity contribution in [3.05, 3.63) is 206 Å². The van der Waals surface area contributed by atoms with E-state index in [4.69, 9.17) is 9.97 Å². The molecule has 0 atom stereocenters. The molecule has 3 heteroatoms. The Hall–Kier alpha value is -7.36. The number of nitrogens with one attached hydrogen (secondary N) is 1. The molecule has 0 unspecified atom stereocenters. The topological polar surface area (TPSA) is 41.6 Å². The lowest BCUT2D eigenvalue weighted by Crippen LogP contribution is -1.92. The van der Waals surface area contributed by atoms with E-state index in [2.05, 4.69) is 199 Å². The first-order valence-corrected chi connectivity index (χ1v) is 18.6. The summed E-state index contributed by atoms with van der Waals surface area (Å²) in [7, 11) is 0. The predicted molar refractivity (Wildman–Crippen MR) is 229 cm³/mol. The second-order valence-corrected chi connectivity index (χ2v) is 13.9. The van der Waals surface area contributed by atoms with E-state index in [1.54, 1.807) is 0 Å². The van der Waals surface area contributed by atoms with E-state index < -0.39 is 0 Å². The molecule has 0 fully saturated rings. The molecule has 0 radical (unpaired) electrons. The van der Waals surface area contributed by atoms with Crippen molar-refractivity contribution in [2.24, 2.45) is 0 Å². The smallest absolute Gasteiger partial charge is 0.0736 e. The highest BCUT2D eigenvalue weighted by molar-refractivity contribution is 6.15. The summed E-state index contributed by atoms with van der Waals surface area (Å²) in [5.74, 6) is 0. The maximum Gasteiger partial charge on any atom is 0.0736 e. The van der Waals surface area contributed by atoms with E-state index in [1.807, 2.05) is 12.3 Å². The van der Waals surface area contributed by atoms with Crippen LogP contribution in [0.15, 0.2) is 206 Å². The van der Waals surface area contributed by atoms with Crippen molar-refractivity contribution in [3.8, 4) is 78.3 Å². The van der Waals surface area contributed by atoms with Crippen LogP contribution in [-0.4, -0.2) is 15.0 Å². The molecule has 7 aromatic carbocycles. The molecule has 0 aliphatic rings. The fraction of sp³-hybridized carbons (Fsp3) is 0. The first-order chi connectivity index (χ1) is 27.2. The molecule has 55 heavy (non-hydrogen) atoms. The lowest BCUT2D eigenvalue weighted by Gasteiger charge is -2.12. The zero-order valence-corrected chi connectivity index (χ0v) is 30.0. The minimum atomic E-state index is 0.914. The molecule has 3 nitrogen and oxygen atoms in total. The van der Waals surface area contributed by atoms with E-state index in [0.717, 1.165) is 77.8 Å². The van der Waals surface area contributed by atoms with Gasteiger partial charge in [-0.15, -0.1) is 0 Å². The van der Waals surface area contributed by atoms with Gasteiger partial charge in [-0.3, -0.25) is 4.98 Å². The molecule has 3 aromatic heterocycles. The van der Waals surface area contributed by atoms with E-state index in [-0.39, 0.29) is 0 Å². The van der Waals surface area contributed by atoms with Gasteiger partial charge in [-0.1, -0.05) is 170 Å². The SMILES string of the molecule is c1ccc(-c2ccc(-c3cccc(-c4cc(-c5ccccc5)cc(-c5cccc6c5[nH]c5c(-c7cc(-c8ccccc8)ccn7)cccc56)n4)c3)cc2)cc1. The van der Waals surface area contributed by atoms with Crippen molar-refractivity contribution in [1.82, 2.24) is 15.0 Å². The summed E-state index contributed by atoms with van der Waals surface area (Å²) in [5, 5.41) is 2.31. The molecule has 0 amide bonds. The van der Waals surface area contributed by atoms with E-state index in [1.165, 1.54) is 22.3 Å². The lowest BCUT2D eigenvalue weighted by molar-refractivity contribution is 1.32. The van der Waals surface area contributed by atoms with Gasteiger partial charge >= 0.3 is 0 Å². The Bertz CT molecular complexity index is 2950. The Morgan fingerprint density at radius 1 is 0.291 bits per heavy atom. The molecule has 0 aliphatic heterocycles. The Morgan fingerprint density at radius 2 is 0.727 bits per heavy atom. The van der Waals surface area contributed by atoms with Crippen LogP contribution in [0.2, 0.25) is 0 Å². The third-order valence-electron chi connectivity index (χ3n) is 10.5. The number of aromatic nitrogens is 3. The highest BCUT2D eigenvalue weighted by atomic mass is 14.8. The normalized spacial score (nSPS) is 11.3. The van der Waals surface area contributed by atoms with Gasteiger partial charge in [0.15, 0.2) is 0 Å². The van der Waals surface area contributed by atoms with Gasteiger partial charge < -0.3 is 4.98 Å². The molecule has 258 valence electrons. The van der Waals surface area contributed by atoms with Crippen LogP contribution in [0.4, 0.5) is 0 Å². The van der Waals surface area contributed by atoms with Gasteiger partial charge in [-0.05, 0) is 74.8 Å². The second-order valence-electron chi connectivity index (χ2n) is 13.9. The number of rotatable bonds is 7. The fourth-order valence-corrected chi connectivity index (χ4v) is 7.72. The summed E-state index contributed by atoms with van der Waals surface area (Å²) in [4.78, 5) is 14.1. The standard InChI is InChI=1S/C52H35N3/c1-4-13-35(14-5-1)38-25-27-39(28-26-38)40-19-10-20-42(31-40)48-33-43(37-17-8-3-9-18-37)34-50(54-48)47-24-12-22-45-44-21-11-23-46(51(44)55-52(45)47)49-32-41(29-30-53-49)36-15-6-2-7-16-36/h1-34,55H. The number of nitrogens with zero attached hydrogens (tertiary/aromatic N) is 2. The van der Waals surface area contributed by atoms with Gasteiger partial charge in [-0.2, -0.15) is 0 Å². The first-order valence-electron chi connectivity index (χ1n) is 18.6. The van der Waals surface area contributed by atoms with Crippen molar-refractivity contribution in [2.75, 3.05) is 0 Å². The average Bonchev–Trinajstić information content (AvgIpc) is 3.67. The number of hydrogen-bond donors (Lipinski definition) is 1. The number of pyridine rings is 2. The van der Waals surface area contributed by atoms with Gasteiger partial charge in [0, 0.05) is 33.7 Å². The fourth-order valence-electron chi connectivity index (χ4n) is 7.72. The zero-order chi connectivity index (χ0) is 36.6. The number of aromatic amines is 1. The average molecular weight is 702 g/mol. The Kier molecular flexibility index (Phi) is 8.16. The lowest BCUT2D eigenvalue weighted by atomic mass is 9.96. The summed E-state index contributed by atoms with van der Waals surface area (Å²) in [6, 6.07) is 70.8. The van der Waals surface area contributed by atoms with Gasteiger partial charge in [0.1, 0.15) is 0 Å². The number of hydrogen-bond acceptors (Lipinski definition) is 2. The third-order valence-corrected chi connectivity index (χ3v) is 10.5. The highest BCUT2D eigenvalue weighted by Gasteiger charge is 2.17. The largest absolute Gasteiger partial charge is 0.353 e. The number of fused-ring (bicyclic) bond motifs is 3. The van der Waals surface area contributed by atoms with Crippen molar-refractivity contribution in [2.45, 2.75) is 0 Å². The Balaban J connectivity index is 1.09. The van der Waals surface area contributed by atoms with Gasteiger partial charge in [-0.25, -0.2) is 4.98 Å². The molecule has 0 bridgehead atoms. The molecule has 3 heterocycles. The van der Waals surface area contributed by atoms with Crippen LogP contribution >= 0.6 is 0 Å². The Morgan fingerprint density at radius 3 is 1.36 bits per heavy atom. The first kappa shape index (κ1) is 32.3. The molecule has 10 rings (SSSR count). The van der Waals surface area contributed by atoms with Crippen molar-refractivity contribution < 1.29 is 0 Å². The second kappa shape index (κ2) is 13.9. The van der Waals surface area contributed by atoms with Crippen molar-refractivity contribution in [3.63, 3.8) is 0 Å². The summed E-state index contributed by atoms with van der Waals surface area (Å²) < 4.78 is 0. The minimum absolute atomic E-state index is 0.914. The predicted octanol–water partition coefficient (Wildman–Crippen LogP) is 13.8. The molecule has 0 aliphatic carbocycles. The Labute approximate surface area is 320 Å². The van der Waals surface area contributed by atoms with E-state index >= 15 is 0 Å². The summed E-state index contributed by atoms with van der Waals surface area (Å²) >= 11 is 0. The monoisotopic (exact) mass is 701 g/mol. The van der Waals surface area contributed by atoms with Crippen LogP contribution in [-0.2, 0) is 0 Å². The third kappa shape index (κ3) is 6.18. The zero-order valence-electron chi connectivity index (χ0n) is 30.0. The number of benzene rings is 7. The molecule has 10 aromatic rings. The van der Waals surface area contributed by atoms with Gasteiger partial charge in [0.25, 0.3) is 0 Å². The van der Waals surface area contributed by atoms with Crippen molar-refractivity contribution >= 4 is 21.8 Å². The van der Waals surface area contributed by atoms with Gasteiger partial charge in [0.2, 0.25) is 0 Å². The molecule has 0 saturated carbocycles. The maximum atomic E-state index is 5.40. The number of para-hydroxylation sites is 2. The summed E-state index contributed by atoms with van der Waals surface area (Å²) in [5.41, 5.74) is 17.4.